The van der Waals surface area contributed by atoms with E-state index in [1.807, 2.05) is 19.1 Å². The Morgan fingerprint density at radius 2 is 1.89 bits per heavy atom. The summed E-state index contributed by atoms with van der Waals surface area (Å²) in [5, 5.41) is 0. The summed E-state index contributed by atoms with van der Waals surface area (Å²) in [5.41, 5.74) is 0.757. The molecule has 2 heterocycles. The first-order valence-corrected chi connectivity index (χ1v) is 5.84. The van der Waals surface area contributed by atoms with Crippen molar-refractivity contribution in [2.24, 2.45) is 0 Å². The predicted octanol–water partition coefficient (Wildman–Crippen LogP) is 3.45. The van der Waals surface area contributed by atoms with Crippen LogP contribution in [0.25, 0.3) is 10.4 Å². The van der Waals surface area contributed by atoms with E-state index in [9.17, 15) is 13.2 Å². The molecule has 0 radical (unpaired) electrons. The van der Waals surface area contributed by atoms with Crippen molar-refractivity contribution in [2.75, 3.05) is 6.61 Å². The molecule has 18 heavy (non-hydrogen) atoms. The fourth-order valence-corrected chi connectivity index (χ4v) is 2.10. The van der Waals surface area contributed by atoms with Gasteiger partial charge >= 0.3 is 12.2 Å². The van der Waals surface area contributed by atoms with Gasteiger partial charge < -0.3 is 4.74 Å². The van der Waals surface area contributed by atoms with Crippen LogP contribution in [-0.4, -0.2) is 22.8 Å². The lowest BCUT2D eigenvalue weighted by atomic mass is 10.3. The molecule has 0 unspecified atom stereocenters. The molecule has 7 heteroatoms. The minimum atomic E-state index is -4.38. The highest BCUT2D eigenvalue weighted by atomic mass is 32.1. The van der Waals surface area contributed by atoms with Crippen LogP contribution in [0, 0.1) is 6.92 Å². The Morgan fingerprint density at radius 3 is 2.39 bits per heavy atom. The van der Waals surface area contributed by atoms with Crippen molar-refractivity contribution in [3.05, 3.63) is 29.4 Å². The average molecular weight is 274 g/mol. The standard InChI is InChI=1S/C11H9F3N2OS/c1-7-2-3-9(18-7)8-4-15-10(16-5-8)17-6-11(12,13)14/h2-5H,6H2,1H3. The fourth-order valence-electron chi connectivity index (χ4n) is 1.25. The third-order valence-corrected chi connectivity index (χ3v) is 3.07. The van der Waals surface area contributed by atoms with Crippen molar-refractivity contribution in [3.8, 4) is 16.5 Å². The van der Waals surface area contributed by atoms with Crippen LogP contribution in [0.5, 0.6) is 6.01 Å². The Balaban J connectivity index is 2.06. The van der Waals surface area contributed by atoms with Gasteiger partial charge in [-0.25, -0.2) is 9.97 Å². The second-order valence-electron chi connectivity index (χ2n) is 3.57. The lowest BCUT2D eigenvalue weighted by Crippen LogP contribution is -2.20. The minimum Gasteiger partial charge on any atom is -0.454 e. The van der Waals surface area contributed by atoms with Crippen LogP contribution in [0.1, 0.15) is 4.88 Å². The molecule has 0 aliphatic rings. The van der Waals surface area contributed by atoms with E-state index < -0.39 is 12.8 Å². The number of halogens is 3. The topological polar surface area (TPSA) is 35.0 Å². The number of alkyl halides is 3. The van der Waals surface area contributed by atoms with Gasteiger partial charge in [0.25, 0.3) is 0 Å². The van der Waals surface area contributed by atoms with E-state index in [4.69, 9.17) is 0 Å². The van der Waals surface area contributed by atoms with Crippen LogP contribution in [0.2, 0.25) is 0 Å². The van der Waals surface area contributed by atoms with E-state index in [1.54, 1.807) is 11.3 Å². The summed E-state index contributed by atoms with van der Waals surface area (Å²) in [5.74, 6) is 0. The Morgan fingerprint density at radius 1 is 1.22 bits per heavy atom. The molecule has 0 saturated heterocycles. The second-order valence-corrected chi connectivity index (χ2v) is 4.86. The maximum Gasteiger partial charge on any atom is 0.422 e. The summed E-state index contributed by atoms with van der Waals surface area (Å²) in [6, 6.07) is 3.59. The molecular formula is C11H9F3N2OS. The van der Waals surface area contributed by atoms with Gasteiger partial charge in [-0.3, -0.25) is 0 Å². The third-order valence-electron chi connectivity index (χ3n) is 2.02. The molecule has 0 aliphatic heterocycles. The monoisotopic (exact) mass is 274 g/mol. The number of aryl methyl sites for hydroxylation is 1. The lowest BCUT2D eigenvalue weighted by Gasteiger charge is -2.07. The molecule has 96 valence electrons. The zero-order valence-electron chi connectivity index (χ0n) is 9.36. The van der Waals surface area contributed by atoms with E-state index in [-0.39, 0.29) is 6.01 Å². The Bertz CT molecular complexity index is 522. The van der Waals surface area contributed by atoms with Gasteiger partial charge in [-0.15, -0.1) is 11.3 Å². The van der Waals surface area contributed by atoms with Crippen LogP contribution >= 0.6 is 11.3 Å². The summed E-state index contributed by atoms with van der Waals surface area (Å²) in [6.45, 7) is 0.584. The van der Waals surface area contributed by atoms with E-state index in [1.165, 1.54) is 12.4 Å². The average Bonchev–Trinajstić information content (AvgIpc) is 2.73. The van der Waals surface area contributed by atoms with Crippen LogP contribution in [0.15, 0.2) is 24.5 Å². The van der Waals surface area contributed by atoms with Gasteiger partial charge in [0.1, 0.15) is 0 Å². The molecule has 0 fully saturated rings. The van der Waals surface area contributed by atoms with Crippen LogP contribution in [0.4, 0.5) is 13.2 Å². The molecule has 0 bridgehead atoms. The highest BCUT2D eigenvalue weighted by Gasteiger charge is 2.28. The molecule has 0 aliphatic carbocycles. The van der Waals surface area contributed by atoms with Gasteiger partial charge in [-0.1, -0.05) is 0 Å². The van der Waals surface area contributed by atoms with E-state index in [2.05, 4.69) is 14.7 Å². The molecule has 2 rings (SSSR count). The van der Waals surface area contributed by atoms with Crippen molar-refractivity contribution in [3.63, 3.8) is 0 Å². The second kappa shape index (κ2) is 4.93. The Hall–Kier alpha value is -1.63. The molecule has 0 amide bonds. The molecule has 0 saturated carbocycles. The molecule has 2 aromatic rings. The van der Waals surface area contributed by atoms with Gasteiger partial charge in [0, 0.05) is 27.7 Å². The number of ether oxygens (including phenoxy) is 1. The number of aromatic nitrogens is 2. The number of rotatable bonds is 3. The van der Waals surface area contributed by atoms with Gasteiger partial charge in [0.05, 0.1) is 0 Å². The van der Waals surface area contributed by atoms with Crippen molar-refractivity contribution in [1.82, 2.24) is 9.97 Å². The molecule has 0 atom stereocenters. The molecule has 0 N–H and O–H groups in total. The molecule has 3 nitrogen and oxygen atoms in total. The maximum absolute atomic E-state index is 11.9. The van der Waals surface area contributed by atoms with Crippen molar-refractivity contribution < 1.29 is 17.9 Å². The molecule has 2 aromatic heterocycles. The summed E-state index contributed by atoms with van der Waals surface area (Å²) in [4.78, 5) is 9.59. The zero-order chi connectivity index (χ0) is 13.2. The fraction of sp³-hybridized carbons (Fsp3) is 0.273. The van der Waals surface area contributed by atoms with E-state index in [0.717, 1.165) is 15.3 Å². The van der Waals surface area contributed by atoms with Gasteiger partial charge in [0.15, 0.2) is 6.61 Å². The van der Waals surface area contributed by atoms with Crippen molar-refractivity contribution in [1.29, 1.82) is 0 Å². The van der Waals surface area contributed by atoms with Crippen molar-refractivity contribution in [2.45, 2.75) is 13.1 Å². The quantitative estimate of drug-likeness (QED) is 0.859. The Kier molecular flexibility index (Phi) is 3.51. The maximum atomic E-state index is 11.9. The first kappa shape index (κ1) is 12.8. The zero-order valence-corrected chi connectivity index (χ0v) is 10.2. The van der Waals surface area contributed by atoms with Crippen molar-refractivity contribution >= 4 is 11.3 Å². The highest BCUT2D eigenvalue weighted by Crippen LogP contribution is 2.27. The van der Waals surface area contributed by atoms with Crippen LogP contribution in [0.3, 0.4) is 0 Å². The van der Waals surface area contributed by atoms with E-state index >= 15 is 0 Å². The number of nitrogens with zero attached hydrogens (tertiary/aromatic N) is 2. The SMILES string of the molecule is Cc1ccc(-c2cnc(OCC(F)(F)F)nc2)s1. The molecule has 0 aromatic carbocycles. The summed E-state index contributed by atoms with van der Waals surface area (Å²) in [6.07, 6.45) is -1.49. The van der Waals surface area contributed by atoms with Gasteiger partial charge in [0.2, 0.25) is 0 Å². The largest absolute Gasteiger partial charge is 0.454 e. The van der Waals surface area contributed by atoms with E-state index in [0.29, 0.717) is 0 Å². The summed E-state index contributed by atoms with van der Waals surface area (Å²) >= 11 is 1.56. The number of hydrogen-bond donors (Lipinski definition) is 0. The molecular weight excluding hydrogens is 265 g/mol. The Labute approximate surface area is 105 Å². The number of thiophene rings is 1. The van der Waals surface area contributed by atoms with Gasteiger partial charge in [-0.05, 0) is 19.1 Å². The predicted molar refractivity (Wildman–Crippen MR) is 61.6 cm³/mol. The number of hydrogen-bond acceptors (Lipinski definition) is 4. The highest BCUT2D eigenvalue weighted by molar-refractivity contribution is 7.15. The van der Waals surface area contributed by atoms with Crippen LogP contribution < -0.4 is 4.74 Å². The van der Waals surface area contributed by atoms with Gasteiger partial charge in [-0.2, -0.15) is 13.2 Å². The summed E-state index contributed by atoms with van der Waals surface area (Å²) in [7, 11) is 0. The smallest absolute Gasteiger partial charge is 0.422 e. The first-order valence-electron chi connectivity index (χ1n) is 5.02. The minimum absolute atomic E-state index is 0.274. The third kappa shape index (κ3) is 3.43. The molecule has 0 spiro atoms. The lowest BCUT2D eigenvalue weighted by molar-refractivity contribution is -0.154. The summed E-state index contributed by atoms with van der Waals surface area (Å²) < 4.78 is 40.2. The normalized spacial score (nSPS) is 11.6. The first-order chi connectivity index (χ1) is 8.44. The van der Waals surface area contributed by atoms with Crippen LogP contribution in [-0.2, 0) is 0 Å².